The van der Waals surface area contributed by atoms with Crippen molar-refractivity contribution in [1.82, 2.24) is 10.3 Å². The fraction of sp³-hybridized carbons (Fsp3) is 0.400. The number of amides is 1. The van der Waals surface area contributed by atoms with Crippen LogP contribution in [0.2, 0.25) is 0 Å². The van der Waals surface area contributed by atoms with E-state index in [1.54, 1.807) is 6.07 Å². The number of hydrogen-bond donors (Lipinski definition) is 3. The minimum Gasteiger partial charge on any atom is -0.350 e. The molecule has 4 N–H and O–H groups in total. The summed E-state index contributed by atoms with van der Waals surface area (Å²) in [5, 5.41) is 2.66. The molecule has 0 saturated carbocycles. The van der Waals surface area contributed by atoms with Crippen LogP contribution >= 0.6 is 0 Å². The smallest absolute Gasteiger partial charge is 0.251 e. The molecule has 5 nitrogen and oxygen atoms in total. The molecule has 1 aromatic rings. The van der Waals surface area contributed by atoms with Crippen LogP contribution in [-0.2, 0) is 0 Å². The molecule has 0 bridgehead atoms. The third kappa shape index (κ3) is 3.55. The molecule has 1 heterocycles. The lowest BCUT2D eigenvalue weighted by atomic mass is 10.2. The highest BCUT2D eigenvalue weighted by Gasteiger charge is 2.06. The average molecular weight is 209 g/mol. The van der Waals surface area contributed by atoms with Crippen molar-refractivity contribution in [3.63, 3.8) is 0 Å². The predicted octanol–water partition coefficient (Wildman–Crippen LogP) is -0.158. The lowest BCUT2D eigenvalue weighted by Crippen LogP contribution is -2.37. The van der Waals surface area contributed by atoms with Gasteiger partial charge in [-0.05, 0) is 12.5 Å². The van der Waals surface area contributed by atoms with E-state index in [4.69, 9.17) is 5.73 Å². The van der Waals surface area contributed by atoms with Crippen molar-refractivity contribution in [1.29, 1.82) is 0 Å². The zero-order chi connectivity index (χ0) is 11.3. The Labute approximate surface area is 87.7 Å². The van der Waals surface area contributed by atoms with E-state index in [0.29, 0.717) is 12.1 Å². The van der Waals surface area contributed by atoms with Crippen LogP contribution < -0.4 is 16.6 Å². The monoisotopic (exact) mass is 209 g/mol. The van der Waals surface area contributed by atoms with E-state index in [9.17, 15) is 9.59 Å². The minimum absolute atomic E-state index is 0.0454. The Morgan fingerprint density at radius 3 is 3.00 bits per heavy atom. The van der Waals surface area contributed by atoms with E-state index >= 15 is 0 Å². The molecule has 5 heteroatoms. The average Bonchev–Trinajstić information content (AvgIpc) is 2.25. The van der Waals surface area contributed by atoms with E-state index in [1.807, 2.05) is 6.92 Å². The van der Waals surface area contributed by atoms with Gasteiger partial charge >= 0.3 is 0 Å². The number of hydrogen-bond acceptors (Lipinski definition) is 3. The third-order valence-corrected chi connectivity index (χ3v) is 2.09. The van der Waals surface area contributed by atoms with Crippen molar-refractivity contribution in [3.05, 3.63) is 34.2 Å². The fourth-order valence-corrected chi connectivity index (χ4v) is 1.06. The van der Waals surface area contributed by atoms with E-state index < -0.39 is 0 Å². The Balaban J connectivity index is 2.58. The second kappa shape index (κ2) is 5.31. The van der Waals surface area contributed by atoms with Gasteiger partial charge < -0.3 is 16.0 Å². The van der Waals surface area contributed by atoms with Crippen molar-refractivity contribution in [3.8, 4) is 0 Å². The van der Waals surface area contributed by atoms with Gasteiger partial charge in [0.25, 0.3) is 5.91 Å². The number of carbonyl (C=O) groups is 1. The minimum atomic E-state index is -0.289. The number of H-pyrrole nitrogens is 1. The fourth-order valence-electron chi connectivity index (χ4n) is 1.06. The number of aromatic nitrogens is 1. The SMILES string of the molecule is CCC(N)CNC(=O)c1cc[nH]c(=O)c1. The second-order valence-electron chi connectivity index (χ2n) is 3.32. The summed E-state index contributed by atoms with van der Waals surface area (Å²) in [6, 6.07) is 2.76. The quantitative estimate of drug-likeness (QED) is 0.644. The van der Waals surface area contributed by atoms with Crippen molar-refractivity contribution < 1.29 is 4.79 Å². The molecule has 15 heavy (non-hydrogen) atoms. The third-order valence-electron chi connectivity index (χ3n) is 2.09. The highest BCUT2D eigenvalue weighted by Crippen LogP contribution is 1.93. The molecule has 82 valence electrons. The maximum absolute atomic E-state index is 11.5. The maximum Gasteiger partial charge on any atom is 0.251 e. The van der Waals surface area contributed by atoms with Crippen LogP contribution in [0.5, 0.6) is 0 Å². The summed E-state index contributed by atoms with van der Waals surface area (Å²) in [7, 11) is 0. The van der Waals surface area contributed by atoms with Crippen LogP contribution in [0.3, 0.4) is 0 Å². The van der Waals surface area contributed by atoms with Crippen molar-refractivity contribution in [2.75, 3.05) is 6.54 Å². The van der Waals surface area contributed by atoms with Crippen LogP contribution in [0, 0.1) is 0 Å². The molecule has 0 aliphatic rings. The lowest BCUT2D eigenvalue weighted by molar-refractivity contribution is 0.0951. The van der Waals surface area contributed by atoms with E-state index in [0.717, 1.165) is 6.42 Å². The summed E-state index contributed by atoms with van der Waals surface area (Å²) in [5.74, 6) is -0.273. The van der Waals surface area contributed by atoms with Crippen LogP contribution in [0.4, 0.5) is 0 Å². The molecular formula is C10H15N3O2. The van der Waals surface area contributed by atoms with Gasteiger partial charge in [0, 0.05) is 30.4 Å². The molecule has 1 aromatic heterocycles. The second-order valence-corrected chi connectivity index (χ2v) is 3.32. The largest absolute Gasteiger partial charge is 0.350 e. The van der Waals surface area contributed by atoms with Gasteiger partial charge in [0.1, 0.15) is 0 Å². The summed E-state index contributed by atoms with van der Waals surface area (Å²) in [4.78, 5) is 24.9. The lowest BCUT2D eigenvalue weighted by Gasteiger charge is -2.09. The Hall–Kier alpha value is -1.62. The maximum atomic E-state index is 11.5. The Morgan fingerprint density at radius 2 is 2.40 bits per heavy atom. The van der Waals surface area contributed by atoms with E-state index in [1.165, 1.54) is 12.3 Å². The molecule has 0 aromatic carbocycles. The first kappa shape index (κ1) is 11.5. The molecular weight excluding hydrogens is 194 g/mol. The number of carbonyl (C=O) groups excluding carboxylic acids is 1. The van der Waals surface area contributed by atoms with Crippen molar-refractivity contribution >= 4 is 5.91 Å². The predicted molar refractivity (Wildman–Crippen MR) is 57.7 cm³/mol. The number of pyridine rings is 1. The normalized spacial score (nSPS) is 12.1. The number of rotatable bonds is 4. The molecule has 1 amide bonds. The Morgan fingerprint density at radius 1 is 1.67 bits per heavy atom. The van der Waals surface area contributed by atoms with Gasteiger partial charge in [-0.25, -0.2) is 0 Å². The zero-order valence-electron chi connectivity index (χ0n) is 8.62. The summed E-state index contributed by atoms with van der Waals surface area (Å²) in [6.45, 7) is 2.37. The van der Waals surface area contributed by atoms with Crippen LogP contribution in [0.1, 0.15) is 23.7 Å². The van der Waals surface area contributed by atoms with Gasteiger partial charge in [-0.2, -0.15) is 0 Å². The molecule has 0 aliphatic carbocycles. The van der Waals surface area contributed by atoms with Gasteiger partial charge in [-0.15, -0.1) is 0 Å². The van der Waals surface area contributed by atoms with Crippen LogP contribution in [0.25, 0.3) is 0 Å². The van der Waals surface area contributed by atoms with Crippen LogP contribution in [0.15, 0.2) is 23.1 Å². The molecule has 0 saturated heterocycles. The summed E-state index contributed by atoms with van der Waals surface area (Å²) in [6.07, 6.45) is 2.24. The van der Waals surface area contributed by atoms with Gasteiger partial charge in [-0.3, -0.25) is 9.59 Å². The first-order valence-electron chi connectivity index (χ1n) is 4.86. The van der Waals surface area contributed by atoms with Gasteiger partial charge in [0.05, 0.1) is 0 Å². The molecule has 1 atom stereocenters. The topological polar surface area (TPSA) is 88.0 Å². The highest BCUT2D eigenvalue weighted by atomic mass is 16.2. The van der Waals surface area contributed by atoms with Crippen molar-refractivity contribution in [2.24, 2.45) is 5.73 Å². The van der Waals surface area contributed by atoms with Gasteiger partial charge in [0.15, 0.2) is 0 Å². The summed E-state index contributed by atoms with van der Waals surface area (Å²) < 4.78 is 0. The number of aromatic amines is 1. The van der Waals surface area contributed by atoms with Crippen LogP contribution in [-0.4, -0.2) is 23.5 Å². The Bertz CT molecular complexity index is 386. The highest BCUT2D eigenvalue weighted by molar-refractivity contribution is 5.93. The molecule has 0 spiro atoms. The van der Waals surface area contributed by atoms with Gasteiger partial charge in [-0.1, -0.05) is 6.92 Å². The molecule has 0 aliphatic heterocycles. The summed E-state index contributed by atoms with van der Waals surface area (Å²) >= 11 is 0. The molecule has 1 rings (SSSR count). The molecule has 1 unspecified atom stereocenters. The standard InChI is InChI=1S/C10H15N3O2/c1-2-8(11)6-13-10(15)7-3-4-12-9(14)5-7/h3-5,8H,2,6,11H2,1H3,(H,12,14)(H,13,15). The Kier molecular flexibility index (Phi) is 4.05. The number of nitrogens with two attached hydrogens (primary N) is 1. The molecule has 0 radical (unpaired) electrons. The molecule has 0 fully saturated rings. The van der Waals surface area contributed by atoms with E-state index in [2.05, 4.69) is 10.3 Å². The van der Waals surface area contributed by atoms with Gasteiger partial charge in [0.2, 0.25) is 5.56 Å². The zero-order valence-corrected chi connectivity index (χ0v) is 8.62. The first-order chi connectivity index (χ1) is 7.13. The number of nitrogens with one attached hydrogen (secondary N) is 2. The first-order valence-corrected chi connectivity index (χ1v) is 4.86. The van der Waals surface area contributed by atoms with E-state index in [-0.39, 0.29) is 17.5 Å². The summed E-state index contributed by atoms with van der Waals surface area (Å²) in [5.41, 5.74) is 5.71. The van der Waals surface area contributed by atoms with Crippen molar-refractivity contribution in [2.45, 2.75) is 19.4 Å².